The van der Waals surface area contributed by atoms with Crippen LogP contribution in [0.15, 0.2) is 54.6 Å². The second kappa shape index (κ2) is 17.9. The summed E-state index contributed by atoms with van der Waals surface area (Å²) in [5.74, 6) is -0.359. The Labute approximate surface area is 220 Å². The molecule has 2 N–H and O–H groups in total. The molecule has 1 heterocycles. The van der Waals surface area contributed by atoms with Gasteiger partial charge < -0.3 is 20.3 Å². The van der Waals surface area contributed by atoms with E-state index >= 15 is 0 Å². The van der Waals surface area contributed by atoms with Crippen molar-refractivity contribution in [2.45, 2.75) is 72.4 Å². The van der Waals surface area contributed by atoms with E-state index in [2.05, 4.69) is 10.6 Å². The Morgan fingerprint density at radius 3 is 2.14 bits per heavy atom. The molecule has 2 aromatic carbocycles. The number of hydrogen-bond donors (Lipinski definition) is 2. The summed E-state index contributed by atoms with van der Waals surface area (Å²) in [6, 6.07) is 15.1. The number of hydrogen-bond acceptors (Lipinski definition) is 4. The Kier molecular flexibility index (Phi) is 15.3. The summed E-state index contributed by atoms with van der Waals surface area (Å²) in [5, 5.41) is 5.43. The fourth-order valence-electron chi connectivity index (χ4n) is 3.68. The molecule has 8 heteroatoms. The summed E-state index contributed by atoms with van der Waals surface area (Å²) in [6.45, 7) is 11.6. The second-order valence-corrected chi connectivity index (χ2v) is 8.61. The minimum Gasteiger partial charge on any atom is -0.447 e. The number of alkyl carbamates (subject to hydrolysis) is 1. The maximum Gasteiger partial charge on any atom is 0.407 e. The number of rotatable bonds is 8. The molecule has 0 bridgehead atoms. The molecule has 0 spiro atoms. The number of benzene rings is 2. The lowest BCUT2D eigenvalue weighted by molar-refractivity contribution is -0.130. The highest BCUT2D eigenvalue weighted by atomic mass is 19.1. The van der Waals surface area contributed by atoms with Gasteiger partial charge in [0.1, 0.15) is 5.82 Å². The first-order valence-electron chi connectivity index (χ1n) is 13.1. The second-order valence-electron chi connectivity index (χ2n) is 8.61. The Balaban J connectivity index is 0.000000439. The van der Waals surface area contributed by atoms with Crippen LogP contribution in [0.1, 0.15) is 69.8 Å². The lowest BCUT2D eigenvalue weighted by atomic mass is 10.0. The van der Waals surface area contributed by atoms with Crippen molar-refractivity contribution in [3.63, 3.8) is 0 Å². The predicted octanol–water partition coefficient (Wildman–Crippen LogP) is 5.35. The predicted molar refractivity (Wildman–Crippen MR) is 145 cm³/mol. The van der Waals surface area contributed by atoms with Crippen molar-refractivity contribution in [3.05, 3.63) is 71.5 Å². The molecule has 37 heavy (non-hydrogen) atoms. The monoisotopic (exact) mass is 515 g/mol. The number of nitrogens with one attached hydrogen (secondary N) is 2. The van der Waals surface area contributed by atoms with Crippen molar-refractivity contribution >= 4 is 17.9 Å². The van der Waals surface area contributed by atoms with Crippen molar-refractivity contribution in [3.8, 4) is 0 Å². The first-order valence-corrected chi connectivity index (χ1v) is 13.1. The highest BCUT2D eigenvalue weighted by Gasteiger charge is 2.24. The molecule has 0 radical (unpaired) electrons. The third-order valence-electron chi connectivity index (χ3n) is 5.34. The largest absolute Gasteiger partial charge is 0.447 e. The van der Waals surface area contributed by atoms with Gasteiger partial charge in [0.05, 0.1) is 6.10 Å². The molecule has 0 aromatic heterocycles. The van der Waals surface area contributed by atoms with Gasteiger partial charge in [0.2, 0.25) is 5.91 Å². The van der Waals surface area contributed by atoms with Crippen LogP contribution in [0.25, 0.3) is 0 Å². The van der Waals surface area contributed by atoms with Crippen LogP contribution in [-0.2, 0) is 16.0 Å². The van der Waals surface area contributed by atoms with Crippen LogP contribution < -0.4 is 10.6 Å². The van der Waals surface area contributed by atoms with E-state index in [0.29, 0.717) is 17.7 Å². The summed E-state index contributed by atoms with van der Waals surface area (Å²) in [4.78, 5) is 37.2. The van der Waals surface area contributed by atoms with Crippen LogP contribution >= 0.6 is 0 Å². The van der Waals surface area contributed by atoms with Gasteiger partial charge in [-0.3, -0.25) is 9.59 Å². The van der Waals surface area contributed by atoms with Crippen LogP contribution in [0.3, 0.4) is 0 Å². The number of amides is 3. The summed E-state index contributed by atoms with van der Waals surface area (Å²) in [5.41, 5.74) is 1.19. The van der Waals surface area contributed by atoms with Crippen LogP contribution in [0.5, 0.6) is 0 Å². The van der Waals surface area contributed by atoms with E-state index in [9.17, 15) is 18.8 Å². The average molecular weight is 516 g/mol. The van der Waals surface area contributed by atoms with Crippen molar-refractivity contribution in [2.75, 3.05) is 19.6 Å². The lowest BCUT2D eigenvalue weighted by Gasteiger charge is -2.22. The molecule has 3 amide bonds. The van der Waals surface area contributed by atoms with Crippen LogP contribution in [-0.4, -0.2) is 54.6 Å². The zero-order chi connectivity index (χ0) is 27.6. The van der Waals surface area contributed by atoms with E-state index in [1.807, 2.05) is 39.0 Å². The molecule has 0 aliphatic carbocycles. The van der Waals surface area contributed by atoms with E-state index in [0.717, 1.165) is 25.9 Å². The van der Waals surface area contributed by atoms with Crippen molar-refractivity contribution < 1.29 is 23.5 Å². The third kappa shape index (κ3) is 12.4. The summed E-state index contributed by atoms with van der Waals surface area (Å²) in [6.07, 6.45) is 1.56. The smallest absolute Gasteiger partial charge is 0.407 e. The van der Waals surface area contributed by atoms with E-state index in [-0.39, 0.29) is 36.6 Å². The van der Waals surface area contributed by atoms with Gasteiger partial charge in [-0.25, -0.2) is 9.18 Å². The number of halogens is 1. The van der Waals surface area contributed by atoms with E-state index < -0.39 is 12.1 Å². The fraction of sp³-hybridized carbons (Fsp3) is 0.483. The number of carbonyl (C=O) groups excluding carboxylic acids is 3. The molecule has 7 nitrogen and oxygen atoms in total. The normalized spacial score (nSPS) is 12.9. The minimum atomic E-state index is -0.583. The Bertz CT molecular complexity index is 947. The maximum absolute atomic E-state index is 13.9. The van der Waals surface area contributed by atoms with Gasteiger partial charge in [0.25, 0.3) is 5.91 Å². The average Bonchev–Trinajstić information content (AvgIpc) is 3.43. The van der Waals surface area contributed by atoms with Crippen molar-refractivity contribution in [2.24, 2.45) is 0 Å². The molecular weight excluding hydrogens is 473 g/mol. The lowest BCUT2D eigenvalue weighted by Crippen LogP contribution is -2.42. The fourth-order valence-corrected chi connectivity index (χ4v) is 3.68. The molecule has 1 fully saturated rings. The topological polar surface area (TPSA) is 87.7 Å². The van der Waals surface area contributed by atoms with Gasteiger partial charge in [-0.05, 0) is 63.8 Å². The maximum atomic E-state index is 13.9. The molecule has 3 rings (SSSR count). The highest BCUT2D eigenvalue weighted by molar-refractivity contribution is 5.94. The highest BCUT2D eigenvalue weighted by Crippen LogP contribution is 2.15. The SMILES string of the molecule is CC.CC(C)OC(=O)N[C@@H](CC(=O)N1CCCC1)Cc1ccccc1F.CCNC(=O)c1ccccc1. The van der Waals surface area contributed by atoms with Crippen molar-refractivity contribution in [1.82, 2.24) is 15.5 Å². The van der Waals surface area contributed by atoms with Gasteiger partial charge in [-0.15, -0.1) is 0 Å². The molecule has 1 aliphatic rings. The molecule has 2 aromatic rings. The zero-order valence-electron chi connectivity index (χ0n) is 22.8. The van der Waals surface area contributed by atoms with Gasteiger partial charge in [0, 0.05) is 37.7 Å². The number of ether oxygens (including phenoxy) is 1. The van der Waals surface area contributed by atoms with E-state index in [1.165, 1.54) is 6.07 Å². The molecule has 204 valence electrons. The Morgan fingerprint density at radius 1 is 0.973 bits per heavy atom. The standard InChI is InChI=1S/C18H25FN2O3.C9H11NO.C2H6/c1-13(2)24-18(23)20-15(11-14-7-3-4-8-16(14)19)12-17(22)21-9-5-6-10-21;1-2-10-9(11)8-6-4-3-5-7-8;1-2/h3-4,7-8,13,15H,5-6,9-12H2,1-2H3,(H,20,23);3-7H,2H2,1H3,(H,10,11);1-2H3/t15-;;/m1../s1. The molecule has 0 unspecified atom stereocenters. The summed E-state index contributed by atoms with van der Waals surface area (Å²) in [7, 11) is 0. The Morgan fingerprint density at radius 2 is 1.57 bits per heavy atom. The molecule has 1 aliphatic heterocycles. The first kappa shape index (κ1) is 31.6. The van der Waals surface area contributed by atoms with Crippen molar-refractivity contribution in [1.29, 1.82) is 0 Å². The minimum absolute atomic E-state index is 0.00639. The number of likely N-dealkylation sites (tertiary alicyclic amines) is 1. The molecule has 1 saturated heterocycles. The van der Waals surface area contributed by atoms with E-state index in [4.69, 9.17) is 4.74 Å². The van der Waals surface area contributed by atoms with Gasteiger partial charge in [0.15, 0.2) is 0 Å². The molecule has 0 saturated carbocycles. The third-order valence-corrected chi connectivity index (χ3v) is 5.34. The van der Waals surface area contributed by atoms with Gasteiger partial charge >= 0.3 is 6.09 Å². The van der Waals surface area contributed by atoms with E-state index in [1.54, 1.807) is 49.1 Å². The Hall–Kier alpha value is -3.42. The zero-order valence-corrected chi connectivity index (χ0v) is 22.8. The molecule has 1 atom stereocenters. The quantitative estimate of drug-likeness (QED) is 0.496. The van der Waals surface area contributed by atoms with Crippen LogP contribution in [0, 0.1) is 5.82 Å². The molecular formula is C29H42FN3O4. The first-order chi connectivity index (χ1) is 17.8. The number of nitrogens with zero attached hydrogens (tertiary/aromatic N) is 1. The summed E-state index contributed by atoms with van der Waals surface area (Å²) >= 11 is 0. The van der Waals surface area contributed by atoms with Crippen LogP contribution in [0.4, 0.5) is 9.18 Å². The van der Waals surface area contributed by atoms with Gasteiger partial charge in [-0.2, -0.15) is 0 Å². The number of carbonyl (C=O) groups is 3. The van der Waals surface area contributed by atoms with Gasteiger partial charge in [-0.1, -0.05) is 50.2 Å². The van der Waals surface area contributed by atoms with Crippen LogP contribution in [0.2, 0.25) is 0 Å². The summed E-state index contributed by atoms with van der Waals surface area (Å²) < 4.78 is 19.0.